The third-order valence-electron chi connectivity index (χ3n) is 5.04. The zero-order valence-electron chi connectivity index (χ0n) is 16.3. The largest absolute Gasteiger partial charge is 0.352 e. The molecule has 9 heteroatoms. The zero-order chi connectivity index (χ0) is 21.3. The highest BCUT2D eigenvalue weighted by Gasteiger charge is 2.24. The van der Waals surface area contributed by atoms with Gasteiger partial charge < -0.3 is 15.1 Å². The number of amides is 2. The van der Waals surface area contributed by atoms with Crippen molar-refractivity contribution in [3.8, 4) is 0 Å². The van der Waals surface area contributed by atoms with Gasteiger partial charge in [-0.1, -0.05) is 18.5 Å². The molecular formula is C21H20ClF2N5O. The van der Waals surface area contributed by atoms with E-state index in [1.54, 1.807) is 4.90 Å². The number of aryl methyl sites for hydroxylation is 1. The zero-order valence-corrected chi connectivity index (χ0v) is 17.1. The van der Waals surface area contributed by atoms with Crippen molar-refractivity contribution in [2.24, 2.45) is 0 Å². The average Bonchev–Trinajstić information content (AvgIpc) is 2.74. The van der Waals surface area contributed by atoms with Crippen molar-refractivity contribution < 1.29 is 13.6 Å². The van der Waals surface area contributed by atoms with Crippen molar-refractivity contribution in [2.75, 3.05) is 36.4 Å². The van der Waals surface area contributed by atoms with E-state index in [9.17, 15) is 13.6 Å². The maximum atomic E-state index is 13.8. The average molecular weight is 432 g/mol. The second-order valence-corrected chi connectivity index (χ2v) is 7.44. The summed E-state index contributed by atoms with van der Waals surface area (Å²) in [4.78, 5) is 25.5. The number of halogens is 3. The van der Waals surface area contributed by atoms with Crippen LogP contribution < -0.4 is 10.2 Å². The Bertz CT molecular complexity index is 1100. The Labute approximate surface area is 177 Å². The number of fused-ring (bicyclic) bond motifs is 1. The minimum Gasteiger partial charge on any atom is -0.352 e. The predicted molar refractivity (Wildman–Crippen MR) is 113 cm³/mol. The summed E-state index contributed by atoms with van der Waals surface area (Å²) in [6.07, 6.45) is 0.695. The minimum atomic E-state index is -0.805. The molecule has 1 aromatic heterocycles. The van der Waals surface area contributed by atoms with E-state index >= 15 is 0 Å². The van der Waals surface area contributed by atoms with Crippen LogP contribution in [0, 0.1) is 11.6 Å². The van der Waals surface area contributed by atoms with Crippen molar-refractivity contribution in [2.45, 2.75) is 13.3 Å². The van der Waals surface area contributed by atoms with Crippen LogP contribution in [0.5, 0.6) is 0 Å². The van der Waals surface area contributed by atoms with Crippen molar-refractivity contribution in [1.29, 1.82) is 0 Å². The van der Waals surface area contributed by atoms with Gasteiger partial charge in [0.15, 0.2) is 0 Å². The van der Waals surface area contributed by atoms with Gasteiger partial charge in [0.2, 0.25) is 0 Å². The van der Waals surface area contributed by atoms with Gasteiger partial charge in [-0.2, -0.15) is 0 Å². The van der Waals surface area contributed by atoms with Gasteiger partial charge >= 0.3 is 6.03 Å². The molecule has 0 aliphatic carbocycles. The molecule has 2 heterocycles. The Morgan fingerprint density at radius 1 is 1.10 bits per heavy atom. The fraction of sp³-hybridized carbons (Fsp3) is 0.286. The molecular weight excluding hydrogens is 412 g/mol. The van der Waals surface area contributed by atoms with Gasteiger partial charge in [-0.15, -0.1) is 0 Å². The molecule has 1 N–H and O–H groups in total. The number of piperazine rings is 1. The second kappa shape index (κ2) is 8.39. The van der Waals surface area contributed by atoms with Crippen LogP contribution in [-0.4, -0.2) is 47.1 Å². The first kappa shape index (κ1) is 20.3. The summed E-state index contributed by atoms with van der Waals surface area (Å²) >= 11 is 6.12. The molecule has 1 saturated heterocycles. The van der Waals surface area contributed by atoms with Crippen molar-refractivity contribution in [3.05, 3.63) is 58.9 Å². The molecule has 0 atom stereocenters. The Hall–Kier alpha value is -3.00. The summed E-state index contributed by atoms with van der Waals surface area (Å²) in [7, 11) is 0. The number of nitrogens with one attached hydrogen (secondary N) is 1. The number of aromatic nitrogens is 2. The number of anilines is 2. The lowest BCUT2D eigenvalue weighted by molar-refractivity contribution is 0.208. The van der Waals surface area contributed by atoms with Gasteiger partial charge in [0, 0.05) is 49.1 Å². The number of hydrogen-bond acceptors (Lipinski definition) is 4. The van der Waals surface area contributed by atoms with Crippen LogP contribution in [0.3, 0.4) is 0 Å². The normalized spacial score (nSPS) is 14.3. The van der Waals surface area contributed by atoms with Gasteiger partial charge in [-0.05, 0) is 30.3 Å². The first-order valence-corrected chi connectivity index (χ1v) is 10.0. The Balaban J connectivity index is 1.48. The van der Waals surface area contributed by atoms with E-state index in [4.69, 9.17) is 16.6 Å². The van der Waals surface area contributed by atoms with E-state index in [0.29, 0.717) is 37.6 Å². The first-order chi connectivity index (χ1) is 14.4. The molecule has 0 bridgehead atoms. The molecule has 1 fully saturated rings. The SMILES string of the molecule is CCc1nc(N2CCN(C(=O)Nc3ccc(F)cc3F)CC2)c2ccc(Cl)cc2n1. The monoisotopic (exact) mass is 431 g/mol. The number of carbonyl (C=O) groups is 1. The lowest BCUT2D eigenvalue weighted by Gasteiger charge is -2.36. The fourth-order valence-corrected chi connectivity index (χ4v) is 3.60. The quantitative estimate of drug-likeness (QED) is 0.664. The number of nitrogens with zero attached hydrogens (tertiary/aromatic N) is 4. The summed E-state index contributed by atoms with van der Waals surface area (Å²) in [5, 5.41) is 4.02. The van der Waals surface area contributed by atoms with E-state index in [2.05, 4.69) is 15.2 Å². The number of urea groups is 1. The standard InChI is InChI=1S/C21H20ClF2N5O/c1-2-19-25-18-11-13(22)3-5-15(18)20(27-19)28-7-9-29(10-8-28)21(30)26-17-6-4-14(23)12-16(17)24/h3-6,11-12H,2,7-10H2,1H3,(H,26,30). The summed E-state index contributed by atoms with van der Waals surface area (Å²) in [5.41, 5.74) is 0.742. The third kappa shape index (κ3) is 4.14. The predicted octanol–water partition coefficient (Wildman–Crippen LogP) is 4.48. The van der Waals surface area contributed by atoms with Crippen molar-refractivity contribution in [3.63, 3.8) is 0 Å². The lowest BCUT2D eigenvalue weighted by atomic mass is 10.2. The molecule has 2 aromatic carbocycles. The third-order valence-corrected chi connectivity index (χ3v) is 5.28. The number of rotatable bonds is 3. The Kier molecular flexibility index (Phi) is 5.67. The van der Waals surface area contributed by atoms with Crippen LogP contribution in [0.1, 0.15) is 12.7 Å². The van der Waals surface area contributed by atoms with Crippen molar-refractivity contribution in [1.82, 2.24) is 14.9 Å². The van der Waals surface area contributed by atoms with Crippen LogP contribution in [0.4, 0.5) is 25.1 Å². The van der Waals surface area contributed by atoms with Gasteiger partial charge in [0.1, 0.15) is 23.3 Å². The van der Waals surface area contributed by atoms with E-state index in [-0.39, 0.29) is 5.69 Å². The van der Waals surface area contributed by atoms with Gasteiger partial charge in [-0.25, -0.2) is 23.5 Å². The molecule has 1 aliphatic heterocycles. The first-order valence-electron chi connectivity index (χ1n) is 9.66. The van der Waals surface area contributed by atoms with Gasteiger partial charge in [0.05, 0.1) is 11.2 Å². The number of hydrogen-bond donors (Lipinski definition) is 1. The van der Waals surface area contributed by atoms with E-state index < -0.39 is 17.7 Å². The van der Waals surface area contributed by atoms with Crippen LogP contribution >= 0.6 is 11.6 Å². The molecule has 3 aromatic rings. The Morgan fingerprint density at radius 3 is 2.57 bits per heavy atom. The van der Waals surface area contributed by atoms with Gasteiger partial charge in [-0.3, -0.25) is 0 Å². The van der Waals surface area contributed by atoms with E-state index in [1.165, 1.54) is 6.07 Å². The molecule has 0 unspecified atom stereocenters. The van der Waals surface area contributed by atoms with Crippen LogP contribution in [0.2, 0.25) is 5.02 Å². The van der Waals surface area contributed by atoms with Crippen LogP contribution in [0.25, 0.3) is 10.9 Å². The molecule has 0 spiro atoms. The molecule has 0 saturated carbocycles. The summed E-state index contributed by atoms with van der Waals surface area (Å²) < 4.78 is 26.8. The maximum Gasteiger partial charge on any atom is 0.322 e. The van der Waals surface area contributed by atoms with Gasteiger partial charge in [0.25, 0.3) is 0 Å². The molecule has 2 amide bonds. The topological polar surface area (TPSA) is 61.4 Å². The highest BCUT2D eigenvalue weighted by Crippen LogP contribution is 2.27. The molecule has 1 aliphatic rings. The second-order valence-electron chi connectivity index (χ2n) is 7.01. The summed E-state index contributed by atoms with van der Waals surface area (Å²) in [6, 6.07) is 8.17. The molecule has 156 valence electrons. The maximum absolute atomic E-state index is 13.8. The smallest absolute Gasteiger partial charge is 0.322 e. The fourth-order valence-electron chi connectivity index (χ4n) is 3.44. The van der Waals surface area contributed by atoms with E-state index in [0.717, 1.165) is 34.7 Å². The molecule has 6 nitrogen and oxygen atoms in total. The lowest BCUT2D eigenvalue weighted by Crippen LogP contribution is -2.50. The molecule has 0 radical (unpaired) electrons. The highest BCUT2D eigenvalue weighted by atomic mass is 35.5. The Morgan fingerprint density at radius 2 is 1.87 bits per heavy atom. The van der Waals surface area contributed by atoms with E-state index in [1.807, 2.05) is 25.1 Å². The summed E-state index contributed by atoms with van der Waals surface area (Å²) in [6.45, 7) is 4.01. The molecule has 30 heavy (non-hydrogen) atoms. The van der Waals surface area contributed by atoms with Crippen LogP contribution in [-0.2, 0) is 6.42 Å². The van der Waals surface area contributed by atoms with Crippen LogP contribution in [0.15, 0.2) is 36.4 Å². The molecule has 4 rings (SSSR count). The minimum absolute atomic E-state index is 0.0462. The van der Waals surface area contributed by atoms with Crippen molar-refractivity contribution >= 4 is 40.0 Å². The number of carbonyl (C=O) groups excluding carboxylic acids is 1. The highest BCUT2D eigenvalue weighted by molar-refractivity contribution is 6.31. The summed E-state index contributed by atoms with van der Waals surface area (Å²) in [5.74, 6) is 0.0500. The number of benzene rings is 2.